The monoisotopic (exact) mass is 458 g/mol. The number of thiazole rings is 1. The van der Waals surface area contributed by atoms with Crippen molar-refractivity contribution in [3.05, 3.63) is 53.3 Å². The lowest BCUT2D eigenvalue weighted by Crippen LogP contribution is -2.37. The Bertz CT molecular complexity index is 1050. The highest BCUT2D eigenvalue weighted by Gasteiger charge is 2.26. The molecular formula is C24H27FN2O2S2. The minimum atomic E-state index is -0.231. The molecule has 31 heavy (non-hydrogen) atoms. The first-order valence-corrected chi connectivity index (χ1v) is 12.5. The van der Waals surface area contributed by atoms with Gasteiger partial charge in [0.15, 0.2) is 5.13 Å². The highest BCUT2D eigenvalue weighted by atomic mass is 32.2. The molecule has 0 N–H and O–H groups in total. The number of carbonyl (C=O) groups excluding carboxylic acids is 1. The molecular weight excluding hydrogens is 431 g/mol. The number of amides is 1. The number of aryl methyl sites for hydroxylation is 2. The summed E-state index contributed by atoms with van der Waals surface area (Å²) in [6.45, 7) is 5.48. The summed E-state index contributed by atoms with van der Waals surface area (Å²) in [5.41, 5.74) is 3.32. The number of halogens is 1. The van der Waals surface area contributed by atoms with Gasteiger partial charge in [-0.1, -0.05) is 17.4 Å². The number of carbonyl (C=O) groups is 1. The fraction of sp³-hybridized carbons (Fsp3) is 0.417. The van der Waals surface area contributed by atoms with Crippen LogP contribution < -0.4 is 4.90 Å². The van der Waals surface area contributed by atoms with Gasteiger partial charge < -0.3 is 4.74 Å². The Kier molecular flexibility index (Phi) is 7.25. The van der Waals surface area contributed by atoms with E-state index in [9.17, 15) is 9.18 Å². The SMILES string of the molecule is Cc1cc(C)c2sc(N(CC3CCCO3)C(=O)CCCSc3ccc(F)cc3)nc2c1. The first-order valence-electron chi connectivity index (χ1n) is 10.7. The molecule has 0 radical (unpaired) electrons. The van der Waals surface area contributed by atoms with Gasteiger partial charge in [-0.2, -0.15) is 0 Å². The molecule has 2 aromatic carbocycles. The number of hydrogen-bond donors (Lipinski definition) is 0. The lowest BCUT2D eigenvalue weighted by molar-refractivity contribution is -0.119. The molecule has 1 atom stereocenters. The van der Waals surface area contributed by atoms with Crippen LogP contribution in [0.3, 0.4) is 0 Å². The van der Waals surface area contributed by atoms with Crippen LogP contribution in [0.4, 0.5) is 9.52 Å². The zero-order valence-electron chi connectivity index (χ0n) is 17.9. The fourth-order valence-electron chi connectivity index (χ4n) is 3.84. The van der Waals surface area contributed by atoms with Gasteiger partial charge in [-0.25, -0.2) is 9.37 Å². The third-order valence-corrected chi connectivity index (χ3v) is 7.70. The molecule has 1 aliphatic heterocycles. The summed E-state index contributed by atoms with van der Waals surface area (Å²) >= 11 is 3.23. The summed E-state index contributed by atoms with van der Waals surface area (Å²) in [7, 11) is 0. The quantitative estimate of drug-likeness (QED) is 0.300. The number of nitrogens with zero attached hydrogens (tertiary/aromatic N) is 2. The molecule has 1 aromatic heterocycles. The van der Waals surface area contributed by atoms with Crippen LogP contribution in [0.1, 0.15) is 36.8 Å². The second-order valence-corrected chi connectivity index (χ2v) is 10.1. The third-order valence-electron chi connectivity index (χ3n) is 5.37. The van der Waals surface area contributed by atoms with Crippen LogP contribution in [-0.2, 0) is 9.53 Å². The van der Waals surface area contributed by atoms with Gasteiger partial charge in [0.25, 0.3) is 0 Å². The van der Waals surface area contributed by atoms with Crippen molar-refractivity contribution in [2.45, 2.75) is 50.5 Å². The largest absolute Gasteiger partial charge is 0.376 e. The molecule has 0 aliphatic carbocycles. The van der Waals surface area contributed by atoms with Crippen LogP contribution in [-0.4, -0.2) is 35.9 Å². The molecule has 1 aliphatic rings. The summed E-state index contributed by atoms with van der Waals surface area (Å²) in [6, 6.07) is 10.7. The molecule has 0 bridgehead atoms. The highest BCUT2D eigenvalue weighted by molar-refractivity contribution is 7.99. The van der Waals surface area contributed by atoms with Gasteiger partial charge in [0.1, 0.15) is 5.82 Å². The predicted molar refractivity (Wildman–Crippen MR) is 127 cm³/mol. The maximum Gasteiger partial charge on any atom is 0.228 e. The minimum absolute atomic E-state index is 0.0763. The van der Waals surface area contributed by atoms with Crippen LogP contribution in [0.15, 0.2) is 41.3 Å². The van der Waals surface area contributed by atoms with E-state index in [-0.39, 0.29) is 17.8 Å². The van der Waals surface area contributed by atoms with Crippen molar-refractivity contribution in [1.29, 1.82) is 0 Å². The molecule has 2 heterocycles. The van der Waals surface area contributed by atoms with E-state index in [4.69, 9.17) is 9.72 Å². The fourth-order valence-corrected chi connectivity index (χ4v) is 5.73. The first kappa shape index (κ1) is 22.2. The molecule has 1 fully saturated rings. The number of anilines is 1. The van der Waals surface area contributed by atoms with Crippen LogP contribution in [0.25, 0.3) is 10.2 Å². The standard InChI is InChI=1S/C24H27FN2O2S2/c1-16-13-17(2)23-21(14-16)26-24(31-23)27(15-19-5-3-11-29-19)22(28)6-4-12-30-20-9-7-18(25)8-10-20/h7-10,13-14,19H,3-6,11-12,15H2,1-2H3. The Balaban J connectivity index is 1.44. The van der Waals surface area contributed by atoms with Crippen molar-refractivity contribution in [2.24, 2.45) is 0 Å². The Morgan fingerprint density at radius 3 is 2.84 bits per heavy atom. The number of hydrogen-bond acceptors (Lipinski definition) is 5. The molecule has 1 unspecified atom stereocenters. The van der Waals surface area contributed by atoms with Crippen molar-refractivity contribution < 1.29 is 13.9 Å². The number of benzene rings is 2. The number of rotatable bonds is 8. The van der Waals surface area contributed by atoms with Crippen molar-refractivity contribution in [3.8, 4) is 0 Å². The average Bonchev–Trinajstić information content (AvgIpc) is 3.40. The van der Waals surface area contributed by atoms with E-state index in [0.29, 0.717) is 13.0 Å². The summed E-state index contributed by atoms with van der Waals surface area (Å²) in [5.74, 6) is 0.665. The van der Waals surface area contributed by atoms with E-state index in [1.54, 1.807) is 35.2 Å². The summed E-state index contributed by atoms with van der Waals surface area (Å²) in [5, 5.41) is 0.760. The molecule has 164 valence electrons. The Labute approximate surface area is 190 Å². The zero-order chi connectivity index (χ0) is 21.8. The van der Waals surface area contributed by atoms with E-state index in [1.165, 1.54) is 23.3 Å². The second-order valence-electron chi connectivity index (χ2n) is 7.97. The Hall–Kier alpha value is -1.96. The van der Waals surface area contributed by atoms with Crippen molar-refractivity contribution in [2.75, 3.05) is 23.8 Å². The highest BCUT2D eigenvalue weighted by Crippen LogP contribution is 2.33. The molecule has 1 amide bonds. The predicted octanol–water partition coefficient (Wildman–Crippen LogP) is 6.14. The second kappa shape index (κ2) is 10.1. The number of thioether (sulfide) groups is 1. The van der Waals surface area contributed by atoms with Crippen LogP contribution >= 0.6 is 23.1 Å². The number of ether oxygens (including phenoxy) is 1. The Morgan fingerprint density at radius 1 is 1.29 bits per heavy atom. The summed E-state index contributed by atoms with van der Waals surface area (Å²) in [6.07, 6.45) is 3.31. The number of fused-ring (bicyclic) bond motifs is 1. The smallest absolute Gasteiger partial charge is 0.228 e. The van der Waals surface area contributed by atoms with E-state index >= 15 is 0 Å². The van der Waals surface area contributed by atoms with Crippen LogP contribution in [0, 0.1) is 19.7 Å². The Morgan fingerprint density at radius 2 is 2.10 bits per heavy atom. The summed E-state index contributed by atoms with van der Waals surface area (Å²) in [4.78, 5) is 20.9. The van der Waals surface area contributed by atoms with Crippen LogP contribution in [0.5, 0.6) is 0 Å². The van der Waals surface area contributed by atoms with Gasteiger partial charge in [-0.05, 0) is 80.3 Å². The maximum atomic E-state index is 13.2. The molecule has 3 aromatic rings. The molecule has 4 rings (SSSR count). The summed E-state index contributed by atoms with van der Waals surface area (Å²) < 4.78 is 20.0. The molecule has 7 heteroatoms. The minimum Gasteiger partial charge on any atom is -0.376 e. The average molecular weight is 459 g/mol. The van der Waals surface area contributed by atoms with Gasteiger partial charge in [-0.3, -0.25) is 9.69 Å². The van der Waals surface area contributed by atoms with Gasteiger partial charge in [0.05, 0.1) is 22.9 Å². The van der Waals surface area contributed by atoms with Crippen LogP contribution in [0.2, 0.25) is 0 Å². The maximum absolute atomic E-state index is 13.2. The van der Waals surface area contributed by atoms with E-state index in [0.717, 1.165) is 51.9 Å². The first-order chi connectivity index (χ1) is 15.0. The van der Waals surface area contributed by atoms with Gasteiger partial charge in [0.2, 0.25) is 5.91 Å². The normalized spacial score (nSPS) is 16.2. The van der Waals surface area contributed by atoms with E-state index < -0.39 is 0 Å². The van der Waals surface area contributed by atoms with Crippen molar-refractivity contribution >= 4 is 44.4 Å². The lowest BCUT2D eigenvalue weighted by atomic mass is 10.1. The van der Waals surface area contributed by atoms with E-state index in [1.807, 2.05) is 4.90 Å². The van der Waals surface area contributed by atoms with Crippen molar-refractivity contribution in [3.63, 3.8) is 0 Å². The van der Waals surface area contributed by atoms with E-state index in [2.05, 4.69) is 26.0 Å². The van der Waals surface area contributed by atoms with Gasteiger partial charge in [-0.15, -0.1) is 11.8 Å². The molecule has 0 saturated carbocycles. The van der Waals surface area contributed by atoms with Gasteiger partial charge in [0, 0.05) is 17.9 Å². The van der Waals surface area contributed by atoms with Gasteiger partial charge >= 0.3 is 0 Å². The molecule has 0 spiro atoms. The molecule has 4 nitrogen and oxygen atoms in total. The number of aromatic nitrogens is 1. The van der Waals surface area contributed by atoms with Crippen molar-refractivity contribution in [1.82, 2.24) is 4.98 Å². The zero-order valence-corrected chi connectivity index (χ0v) is 19.5. The topological polar surface area (TPSA) is 42.4 Å². The third kappa shape index (κ3) is 5.64. The lowest BCUT2D eigenvalue weighted by Gasteiger charge is -2.23. The molecule has 1 saturated heterocycles.